The topological polar surface area (TPSA) is 21.3 Å². The van der Waals surface area contributed by atoms with E-state index in [4.69, 9.17) is 16.3 Å². The van der Waals surface area contributed by atoms with Crippen molar-refractivity contribution in [1.29, 1.82) is 0 Å². The molecular formula is C18H22ClNO. The average Bonchev–Trinajstić information content (AvgIpc) is 2.48. The second-order valence-electron chi connectivity index (χ2n) is 5.12. The van der Waals surface area contributed by atoms with Gasteiger partial charge in [0.1, 0.15) is 12.4 Å². The van der Waals surface area contributed by atoms with E-state index >= 15 is 0 Å². The summed E-state index contributed by atoms with van der Waals surface area (Å²) >= 11 is 6.30. The molecule has 0 spiro atoms. The van der Waals surface area contributed by atoms with E-state index in [0.717, 1.165) is 30.8 Å². The number of aryl methyl sites for hydroxylation is 1. The Balaban J connectivity index is 2.09. The Hall–Kier alpha value is -1.51. The van der Waals surface area contributed by atoms with Gasteiger partial charge >= 0.3 is 0 Å². The van der Waals surface area contributed by atoms with Crippen molar-refractivity contribution >= 4 is 11.6 Å². The van der Waals surface area contributed by atoms with Crippen molar-refractivity contribution < 1.29 is 4.74 Å². The van der Waals surface area contributed by atoms with E-state index in [0.29, 0.717) is 11.6 Å². The Morgan fingerprint density at radius 3 is 2.57 bits per heavy atom. The van der Waals surface area contributed by atoms with Crippen molar-refractivity contribution in [3.8, 4) is 5.75 Å². The highest BCUT2D eigenvalue weighted by Crippen LogP contribution is 2.29. The maximum absolute atomic E-state index is 6.30. The average molecular weight is 304 g/mol. The van der Waals surface area contributed by atoms with Crippen molar-refractivity contribution in [2.45, 2.75) is 33.4 Å². The van der Waals surface area contributed by atoms with E-state index in [-0.39, 0.29) is 0 Å². The van der Waals surface area contributed by atoms with Crippen LogP contribution in [0.15, 0.2) is 42.5 Å². The van der Waals surface area contributed by atoms with Gasteiger partial charge in [0.2, 0.25) is 0 Å². The Morgan fingerprint density at radius 2 is 1.81 bits per heavy atom. The molecular weight excluding hydrogens is 282 g/mol. The number of halogens is 1. The maximum Gasteiger partial charge on any atom is 0.142 e. The number of rotatable bonds is 7. The molecule has 0 saturated heterocycles. The van der Waals surface area contributed by atoms with Gasteiger partial charge in [0.15, 0.2) is 0 Å². The highest BCUT2D eigenvalue weighted by molar-refractivity contribution is 6.32. The van der Waals surface area contributed by atoms with E-state index in [1.54, 1.807) is 0 Å². The van der Waals surface area contributed by atoms with Gasteiger partial charge in [-0.1, -0.05) is 54.9 Å². The lowest BCUT2D eigenvalue weighted by Crippen LogP contribution is -2.14. The fourth-order valence-electron chi connectivity index (χ4n) is 2.18. The van der Waals surface area contributed by atoms with Crippen LogP contribution in [0.3, 0.4) is 0 Å². The number of hydrogen-bond donors (Lipinski definition) is 1. The van der Waals surface area contributed by atoms with Gasteiger partial charge in [-0.05, 0) is 37.1 Å². The number of nitrogens with one attached hydrogen (secondary N) is 1. The highest BCUT2D eigenvalue weighted by Gasteiger charge is 2.09. The molecule has 2 nitrogen and oxygen atoms in total. The van der Waals surface area contributed by atoms with Gasteiger partial charge in [-0.15, -0.1) is 0 Å². The van der Waals surface area contributed by atoms with E-state index in [9.17, 15) is 0 Å². The highest BCUT2D eigenvalue weighted by atomic mass is 35.5. The van der Waals surface area contributed by atoms with Gasteiger partial charge in [0.25, 0.3) is 0 Å². The van der Waals surface area contributed by atoms with E-state index in [1.807, 2.05) is 24.3 Å². The molecule has 112 valence electrons. The van der Waals surface area contributed by atoms with Crippen molar-refractivity contribution in [3.63, 3.8) is 0 Å². The molecule has 0 aliphatic carbocycles. The molecule has 0 fully saturated rings. The van der Waals surface area contributed by atoms with Crippen LogP contribution in [0.25, 0.3) is 0 Å². The normalized spacial score (nSPS) is 10.6. The van der Waals surface area contributed by atoms with Gasteiger partial charge < -0.3 is 10.1 Å². The van der Waals surface area contributed by atoms with Crippen molar-refractivity contribution in [2.24, 2.45) is 0 Å². The van der Waals surface area contributed by atoms with Gasteiger partial charge in [0.05, 0.1) is 5.02 Å². The third-order valence-electron chi connectivity index (χ3n) is 3.42. The number of hydrogen-bond acceptors (Lipinski definition) is 2. The molecule has 1 N–H and O–H groups in total. The maximum atomic E-state index is 6.30. The van der Waals surface area contributed by atoms with Crippen LogP contribution in [-0.2, 0) is 13.2 Å². The third kappa shape index (κ3) is 4.48. The summed E-state index contributed by atoms with van der Waals surface area (Å²) in [6, 6.07) is 14.1. The molecule has 0 aliphatic rings. The zero-order valence-electron chi connectivity index (χ0n) is 12.7. The van der Waals surface area contributed by atoms with Gasteiger partial charge in [-0.2, -0.15) is 0 Å². The summed E-state index contributed by atoms with van der Waals surface area (Å²) < 4.78 is 5.99. The summed E-state index contributed by atoms with van der Waals surface area (Å²) in [5.41, 5.74) is 3.52. The summed E-state index contributed by atoms with van der Waals surface area (Å²) in [6.07, 6.45) is 1.11. The Kier molecular flexibility index (Phi) is 6.09. The van der Waals surface area contributed by atoms with Crippen LogP contribution in [0.1, 0.15) is 30.0 Å². The first-order valence-electron chi connectivity index (χ1n) is 7.37. The first-order chi connectivity index (χ1) is 10.2. The molecule has 0 atom stereocenters. The zero-order chi connectivity index (χ0) is 15.1. The Labute approximate surface area is 132 Å². The van der Waals surface area contributed by atoms with E-state index in [2.05, 4.69) is 37.4 Å². The molecule has 0 heterocycles. The standard InChI is InChI=1S/C18H22ClNO/c1-3-11-20-12-15-9-6-10-17(19)18(15)21-13-16-8-5-4-7-14(16)2/h4-10,20H,3,11-13H2,1-2H3. The van der Waals surface area contributed by atoms with Crippen molar-refractivity contribution in [1.82, 2.24) is 5.32 Å². The molecule has 0 unspecified atom stereocenters. The fraction of sp³-hybridized carbons (Fsp3) is 0.333. The molecule has 0 radical (unpaired) electrons. The predicted octanol–water partition coefficient (Wildman–Crippen LogP) is 4.73. The van der Waals surface area contributed by atoms with Crippen LogP contribution < -0.4 is 10.1 Å². The summed E-state index contributed by atoms with van der Waals surface area (Å²) in [4.78, 5) is 0. The van der Waals surface area contributed by atoms with Crippen LogP contribution in [0.5, 0.6) is 5.75 Å². The monoisotopic (exact) mass is 303 g/mol. The SMILES string of the molecule is CCCNCc1cccc(Cl)c1OCc1ccccc1C. The lowest BCUT2D eigenvalue weighted by Gasteiger charge is -2.14. The van der Waals surface area contributed by atoms with Gasteiger partial charge in [0, 0.05) is 12.1 Å². The molecule has 0 aromatic heterocycles. The van der Waals surface area contributed by atoms with Crippen LogP contribution in [0.4, 0.5) is 0 Å². The van der Waals surface area contributed by atoms with Gasteiger partial charge in [-0.3, -0.25) is 0 Å². The molecule has 0 bridgehead atoms. The molecule has 2 aromatic carbocycles. The minimum atomic E-state index is 0.539. The first-order valence-corrected chi connectivity index (χ1v) is 7.75. The van der Waals surface area contributed by atoms with E-state index in [1.165, 1.54) is 11.1 Å². The van der Waals surface area contributed by atoms with Crippen LogP contribution in [0, 0.1) is 6.92 Å². The summed E-state index contributed by atoms with van der Waals surface area (Å²) in [6.45, 7) is 6.55. The molecule has 0 amide bonds. The van der Waals surface area contributed by atoms with Crippen molar-refractivity contribution in [2.75, 3.05) is 6.54 Å². The predicted molar refractivity (Wildman–Crippen MR) is 89.0 cm³/mol. The minimum absolute atomic E-state index is 0.539. The Morgan fingerprint density at radius 1 is 1.05 bits per heavy atom. The first kappa shape index (κ1) is 15.9. The quantitative estimate of drug-likeness (QED) is 0.747. The molecule has 0 aliphatic heterocycles. The second-order valence-corrected chi connectivity index (χ2v) is 5.53. The molecule has 0 saturated carbocycles. The van der Waals surface area contributed by atoms with Gasteiger partial charge in [-0.25, -0.2) is 0 Å². The van der Waals surface area contributed by atoms with Crippen LogP contribution in [0.2, 0.25) is 5.02 Å². The Bertz CT molecular complexity index is 583. The number of para-hydroxylation sites is 1. The zero-order valence-corrected chi connectivity index (χ0v) is 13.4. The number of ether oxygens (including phenoxy) is 1. The minimum Gasteiger partial charge on any atom is -0.487 e. The molecule has 21 heavy (non-hydrogen) atoms. The van der Waals surface area contributed by atoms with E-state index < -0.39 is 0 Å². The molecule has 2 rings (SSSR count). The summed E-state index contributed by atoms with van der Waals surface area (Å²) in [7, 11) is 0. The smallest absolute Gasteiger partial charge is 0.142 e. The summed E-state index contributed by atoms with van der Waals surface area (Å²) in [5, 5.41) is 4.06. The largest absolute Gasteiger partial charge is 0.487 e. The lowest BCUT2D eigenvalue weighted by atomic mass is 10.1. The fourth-order valence-corrected chi connectivity index (χ4v) is 2.42. The molecule has 3 heteroatoms. The molecule has 2 aromatic rings. The second kappa shape index (κ2) is 8.06. The lowest BCUT2D eigenvalue weighted by molar-refractivity contribution is 0.301. The summed E-state index contributed by atoms with van der Waals surface area (Å²) in [5.74, 6) is 0.783. The van der Waals surface area contributed by atoms with Crippen LogP contribution in [-0.4, -0.2) is 6.54 Å². The number of benzene rings is 2. The van der Waals surface area contributed by atoms with Crippen molar-refractivity contribution in [3.05, 3.63) is 64.2 Å². The van der Waals surface area contributed by atoms with Crippen LogP contribution >= 0.6 is 11.6 Å². The third-order valence-corrected chi connectivity index (χ3v) is 3.72.